The van der Waals surface area contributed by atoms with Gasteiger partial charge in [0.25, 0.3) is 0 Å². The number of nitrogens with one attached hydrogen (secondary N) is 3. The molecule has 1 heterocycles. The van der Waals surface area contributed by atoms with Crippen molar-refractivity contribution in [1.29, 1.82) is 0 Å². The predicted molar refractivity (Wildman–Crippen MR) is 90.0 cm³/mol. The molecule has 5 nitrogen and oxygen atoms in total. The van der Waals surface area contributed by atoms with Gasteiger partial charge in [-0.2, -0.15) is 0 Å². The fraction of sp³-hybridized carbons (Fsp3) is 0.222. The summed E-state index contributed by atoms with van der Waals surface area (Å²) in [6, 6.07) is 15.1. The van der Waals surface area contributed by atoms with Crippen molar-refractivity contribution in [2.24, 2.45) is 0 Å². The van der Waals surface area contributed by atoms with Crippen molar-refractivity contribution in [3.63, 3.8) is 0 Å². The van der Waals surface area contributed by atoms with Crippen LogP contribution < -0.4 is 10.6 Å². The molecule has 1 atom stereocenters. The van der Waals surface area contributed by atoms with E-state index >= 15 is 0 Å². The molecule has 0 unspecified atom stereocenters. The summed E-state index contributed by atoms with van der Waals surface area (Å²) in [6.07, 6.45) is 0.684. The molecule has 1 aromatic heterocycles. The fourth-order valence-corrected chi connectivity index (χ4v) is 2.80. The van der Waals surface area contributed by atoms with Crippen LogP contribution >= 0.6 is 0 Å². The Balaban J connectivity index is 1.91. The Bertz CT molecular complexity index is 878. The van der Waals surface area contributed by atoms with Crippen molar-refractivity contribution < 1.29 is 9.69 Å². The van der Waals surface area contributed by atoms with Crippen molar-refractivity contribution in [3.05, 3.63) is 70.1 Å². The van der Waals surface area contributed by atoms with Crippen LogP contribution in [0.1, 0.15) is 15.9 Å². The van der Waals surface area contributed by atoms with E-state index < -0.39 is 0 Å². The first-order chi connectivity index (χ1) is 11.0. The molecule has 0 bridgehead atoms. The highest BCUT2D eigenvalue weighted by molar-refractivity contribution is 6.01. The molecule has 0 amide bonds. The first kappa shape index (κ1) is 15.2. The van der Waals surface area contributed by atoms with Gasteiger partial charge in [-0.15, -0.1) is 0 Å². The van der Waals surface area contributed by atoms with Gasteiger partial charge in [-0.25, -0.2) is 4.79 Å². The number of ketones is 1. The Morgan fingerprint density at radius 3 is 2.43 bits per heavy atom. The molecule has 2 aromatic carbocycles. The minimum Gasteiger partial charge on any atom is -0.331 e. The molecule has 0 saturated heterocycles. The van der Waals surface area contributed by atoms with E-state index in [-0.39, 0.29) is 17.5 Å². The molecule has 0 aliphatic carbocycles. The van der Waals surface area contributed by atoms with Gasteiger partial charge in [-0.05, 0) is 23.8 Å². The van der Waals surface area contributed by atoms with Crippen LogP contribution in [0.5, 0.6) is 0 Å². The minimum absolute atomic E-state index is 0.0813. The van der Waals surface area contributed by atoms with Crippen molar-refractivity contribution in [2.75, 3.05) is 14.1 Å². The van der Waals surface area contributed by atoms with Gasteiger partial charge in [0.05, 0.1) is 25.1 Å². The lowest BCUT2D eigenvalue weighted by atomic mass is 9.96. The van der Waals surface area contributed by atoms with E-state index in [0.717, 1.165) is 10.5 Å². The number of fused-ring (bicyclic) bond motifs is 1. The summed E-state index contributed by atoms with van der Waals surface area (Å²) in [5.74, 6) is 0.0813. The lowest BCUT2D eigenvalue weighted by Crippen LogP contribution is -3.11. The van der Waals surface area contributed by atoms with Crippen molar-refractivity contribution >= 4 is 16.8 Å². The topological polar surface area (TPSA) is 70.2 Å². The van der Waals surface area contributed by atoms with E-state index in [2.05, 4.69) is 9.97 Å². The number of carbonyl (C=O) groups is 1. The quantitative estimate of drug-likeness (QED) is 0.610. The van der Waals surface area contributed by atoms with Crippen LogP contribution in [0.2, 0.25) is 0 Å². The third-order valence-electron chi connectivity index (χ3n) is 4.10. The minimum atomic E-state index is -0.260. The van der Waals surface area contributed by atoms with Gasteiger partial charge >= 0.3 is 5.69 Å². The highest BCUT2D eigenvalue weighted by Gasteiger charge is 2.26. The Morgan fingerprint density at radius 1 is 1.04 bits per heavy atom. The van der Waals surface area contributed by atoms with Crippen molar-refractivity contribution in [1.82, 2.24) is 9.97 Å². The van der Waals surface area contributed by atoms with Crippen LogP contribution in [0.25, 0.3) is 11.0 Å². The Labute approximate surface area is 134 Å². The van der Waals surface area contributed by atoms with Crippen LogP contribution in [0.15, 0.2) is 53.3 Å². The third-order valence-corrected chi connectivity index (χ3v) is 4.10. The molecular weight excluding hydrogens is 290 g/mol. The van der Waals surface area contributed by atoms with Gasteiger partial charge in [-0.1, -0.05) is 30.3 Å². The lowest BCUT2D eigenvalue weighted by Gasteiger charge is -2.20. The van der Waals surface area contributed by atoms with Gasteiger partial charge in [0.15, 0.2) is 6.04 Å². The maximum atomic E-state index is 12.9. The molecule has 0 radical (unpaired) electrons. The van der Waals surface area contributed by atoms with Crippen molar-refractivity contribution in [3.8, 4) is 0 Å². The molecule has 3 aromatic rings. The standard InChI is InChI=1S/C18H19N3O2/c1-21(2)16(10-12-6-4-3-5-7-12)17(22)13-8-9-14-15(11-13)20-18(23)19-14/h3-9,11,16H,10H2,1-2H3,(H2,19,20,23)/p+1/t16-/m1/s1. The zero-order valence-corrected chi connectivity index (χ0v) is 13.2. The number of aromatic amines is 2. The van der Waals surface area contributed by atoms with E-state index in [1.807, 2.05) is 44.4 Å². The summed E-state index contributed by atoms with van der Waals surface area (Å²) in [5, 5.41) is 0. The second kappa shape index (κ2) is 6.22. The van der Waals surface area contributed by atoms with Gasteiger partial charge in [0.1, 0.15) is 0 Å². The second-order valence-corrected chi connectivity index (χ2v) is 6.02. The number of imidazole rings is 1. The van der Waals surface area contributed by atoms with E-state index in [9.17, 15) is 9.59 Å². The summed E-state index contributed by atoms with van der Waals surface area (Å²) >= 11 is 0. The normalized spacial score (nSPS) is 12.7. The smallest absolute Gasteiger partial charge is 0.323 e. The van der Waals surface area contributed by atoms with Gasteiger partial charge in [-0.3, -0.25) is 4.79 Å². The fourth-order valence-electron chi connectivity index (χ4n) is 2.80. The zero-order valence-electron chi connectivity index (χ0n) is 13.2. The zero-order chi connectivity index (χ0) is 16.4. The number of hydrogen-bond donors (Lipinski definition) is 3. The number of Topliss-reactive ketones (excluding diaryl/α,β-unsaturated/α-hetero) is 1. The van der Waals surface area contributed by atoms with Crippen LogP contribution in [-0.4, -0.2) is 35.9 Å². The number of likely N-dealkylation sites (N-methyl/N-ethyl adjacent to an activating group) is 1. The summed E-state index contributed by atoms with van der Waals surface area (Å²) in [7, 11) is 3.98. The molecule has 0 fully saturated rings. The highest BCUT2D eigenvalue weighted by atomic mass is 16.1. The molecule has 3 rings (SSSR count). The van der Waals surface area contributed by atoms with Crippen LogP contribution in [0, 0.1) is 0 Å². The molecule has 0 saturated carbocycles. The molecule has 118 valence electrons. The Kier molecular flexibility index (Phi) is 4.12. The van der Waals surface area contributed by atoms with Crippen LogP contribution in [-0.2, 0) is 6.42 Å². The summed E-state index contributed by atoms with van der Waals surface area (Å²) in [5.41, 5.74) is 2.87. The average Bonchev–Trinajstić information content (AvgIpc) is 2.91. The largest absolute Gasteiger partial charge is 0.331 e. The highest BCUT2D eigenvalue weighted by Crippen LogP contribution is 2.13. The third kappa shape index (κ3) is 3.24. The summed E-state index contributed by atoms with van der Waals surface area (Å²) < 4.78 is 0. The summed E-state index contributed by atoms with van der Waals surface area (Å²) in [6.45, 7) is 0. The number of quaternary nitrogens is 1. The number of rotatable bonds is 5. The number of benzene rings is 2. The molecule has 0 aliphatic rings. The van der Waals surface area contributed by atoms with Crippen molar-refractivity contribution in [2.45, 2.75) is 12.5 Å². The summed E-state index contributed by atoms with van der Waals surface area (Å²) in [4.78, 5) is 30.7. The van der Waals surface area contributed by atoms with E-state index in [1.54, 1.807) is 18.2 Å². The first-order valence-corrected chi connectivity index (χ1v) is 7.65. The van der Waals surface area contributed by atoms with Crippen LogP contribution in [0.4, 0.5) is 0 Å². The average molecular weight is 310 g/mol. The second-order valence-electron chi connectivity index (χ2n) is 6.02. The lowest BCUT2D eigenvalue weighted by molar-refractivity contribution is -0.874. The molecule has 3 N–H and O–H groups in total. The van der Waals surface area contributed by atoms with Gasteiger partial charge in [0, 0.05) is 12.0 Å². The van der Waals surface area contributed by atoms with Crippen LogP contribution in [0.3, 0.4) is 0 Å². The molecule has 5 heteroatoms. The molecule has 23 heavy (non-hydrogen) atoms. The number of aromatic nitrogens is 2. The molecular formula is C18H20N3O2+. The maximum absolute atomic E-state index is 12.9. The molecule has 0 spiro atoms. The van der Waals surface area contributed by atoms with E-state index in [4.69, 9.17) is 0 Å². The van der Waals surface area contributed by atoms with Gasteiger partial charge in [0.2, 0.25) is 5.78 Å². The van der Waals surface area contributed by atoms with E-state index in [1.165, 1.54) is 0 Å². The van der Waals surface area contributed by atoms with E-state index in [0.29, 0.717) is 23.0 Å². The number of carbonyl (C=O) groups excluding carboxylic acids is 1. The number of hydrogen-bond acceptors (Lipinski definition) is 2. The Morgan fingerprint density at radius 2 is 1.74 bits per heavy atom. The first-order valence-electron chi connectivity index (χ1n) is 7.65. The SMILES string of the molecule is C[NH+](C)[C@H](Cc1ccccc1)C(=O)c1ccc2[nH]c(=O)[nH]c2c1. The maximum Gasteiger partial charge on any atom is 0.323 e. The molecule has 0 aliphatic heterocycles. The number of H-pyrrole nitrogens is 2. The Hall–Kier alpha value is -2.66. The van der Waals surface area contributed by atoms with Gasteiger partial charge < -0.3 is 14.9 Å². The monoisotopic (exact) mass is 310 g/mol. The predicted octanol–water partition coefficient (Wildman–Crippen LogP) is 0.795.